The first kappa shape index (κ1) is 18.0. The minimum absolute atomic E-state index is 0.240. The predicted octanol–water partition coefficient (Wildman–Crippen LogP) is 3.67. The average Bonchev–Trinajstić information content (AvgIpc) is 2.52. The van der Waals surface area contributed by atoms with Gasteiger partial charge in [0.15, 0.2) is 0 Å². The number of nitrogens with zero attached hydrogens (tertiary/aromatic N) is 1. The van der Waals surface area contributed by atoms with Crippen LogP contribution in [-0.4, -0.2) is 41.8 Å². The first-order valence-corrected chi connectivity index (χ1v) is 8.56. The van der Waals surface area contributed by atoms with E-state index in [-0.39, 0.29) is 5.92 Å². The van der Waals surface area contributed by atoms with Gasteiger partial charge < -0.3 is 9.84 Å². The molecule has 3 nitrogen and oxygen atoms in total. The van der Waals surface area contributed by atoms with E-state index in [1.807, 2.05) is 19.1 Å². The number of benzene rings is 1. The zero-order valence-corrected chi connectivity index (χ0v) is 15.2. The highest BCUT2D eigenvalue weighted by Crippen LogP contribution is 2.34. The van der Waals surface area contributed by atoms with E-state index in [0.29, 0.717) is 6.04 Å². The first-order chi connectivity index (χ1) is 10.8. The number of methoxy groups -OCH3 is 1. The minimum Gasteiger partial charge on any atom is -0.497 e. The second-order valence-corrected chi connectivity index (χ2v) is 7.29. The molecule has 1 aliphatic rings. The smallest absolute Gasteiger partial charge is 0.118 e. The summed E-state index contributed by atoms with van der Waals surface area (Å²) in [7, 11) is 1.69. The summed E-state index contributed by atoms with van der Waals surface area (Å²) < 4.78 is 5.24. The Morgan fingerprint density at radius 3 is 2.57 bits per heavy atom. The van der Waals surface area contributed by atoms with Crippen molar-refractivity contribution < 1.29 is 9.84 Å². The Morgan fingerprint density at radius 1 is 1.35 bits per heavy atom. The van der Waals surface area contributed by atoms with Crippen molar-refractivity contribution in [1.29, 1.82) is 0 Å². The highest BCUT2D eigenvalue weighted by molar-refractivity contribution is 5.28. The summed E-state index contributed by atoms with van der Waals surface area (Å²) in [6, 6.07) is 8.65. The lowest BCUT2D eigenvalue weighted by Crippen LogP contribution is -2.56. The molecule has 23 heavy (non-hydrogen) atoms. The van der Waals surface area contributed by atoms with Crippen LogP contribution in [0.3, 0.4) is 0 Å². The number of likely N-dealkylation sites (tertiary alicyclic amines) is 1. The maximum atomic E-state index is 10.7. The zero-order valence-electron chi connectivity index (χ0n) is 15.2. The summed E-state index contributed by atoms with van der Waals surface area (Å²) in [5.41, 5.74) is 2.05. The van der Waals surface area contributed by atoms with E-state index < -0.39 is 5.60 Å². The lowest BCUT2D eigenvalue weighted by atomic mass is 9.76. The largest absolute Gasteiger partial charge is 0.497 e. The summed E-state index contributed by atoms with van der Waals surface area (Å²) in [5, 5.41) is 10.7. The molecule has 0 aliphatic carbocycles. The Balaban J connectivity index is 2.17. The molecule has 1 aliphatic heterocycles. The molecule has 0 amide bonds. The van der Waals surface area contributed by atoms with Crippen molar-refractivity contribution in [3.63, 3.8) is 0 Å². The van der Waals surface area contributed by atoms with Crippen molar-refractivity contribution in [2.45, 2.75) is 52.2 Å². The summed E-state index contributed by atoms with van der Waals surface area (Å²) in [6.07, 6.45) is 4.08. The fraction of sp³-hybridized carbons (Fsp3) is 0.600. The van der Waals surface area contributed by atoms with Crippen LogP contribution in [0.2, 0.25) is 0 Å². The molecule has 128 valence electrons. The van der Waals surface area contributed by atoms with Gasteiger partial charge in [-0.1, -0.05) is 30.7 Å². The quantitative estimate of drug-likeness (QED) is 0.841. The SMILES string of the molecule is COc1ccc(CC2C(C)C(C)(O)CCN2CC=C(C)C)cc1. The third-order valence-corrected chi connectivity index (χ3v) is 5.27. The van der Waals surface area contributed by atoms with Crippen LogP contribution in [0.1, 0.15) is 39.7 Å². The molecular weight excluding hydrogens is 286 g/mol. The molecule has 3 atom stereocenters. The minimum atomic E-state index is -0.585. The van der Waals surface area contributed by atoms with E-state index >= 15 is 0 Å². The topological polar surface area (TPSA) is 32.7 Å². The van der Waals surface area contributed by atoms with Crippen molar-refractivity contribution in [2.75, 3.05) is 20.2 Å². The van der Waals surface area contributed by atoms with Crippen molar-refractivity contribution in [3.05, 3.63) is 41.5 Å². The molecule has 3 unspecified atom stereocenters. The molecule has 1 aromatic rings. The van der Waals surface area contributed by atoms with Crippen LogP contribution >= 0.6 is 0 Å². The standard InChI is InChI=1S/C20H31NO2/c1-15(2)10-12-21-13-11-20(4,22)16(3)19(21)14-17-6-8-18(23-5)9-7-17/h6-10,16,19,22H,11-14H2,1-5H3. The number of hydrogen-bond donors (Lipinski definition) is 1. The van der Waals surface area contributed by atoms with Gasteiger partial charge in [0, 0.05) is 25.0 Å². The molecule has 0 radical (unpaired) electrons. The van der Waals surface area contributed by atoms with Gasteiger partial charge in [0.05, 0.1) is 12.7 Å². The van der Waals surface area contributed by atoms with Crippen LogP contribution in [0.25, 0.3) is 0 Å². The van der Waals surface area contributed by atoms with Crippen molar-refractivity contribution >= 4 is 0 Å². The summed E-state index contributed by atoms with van der Waals surface area (Å²) in [6.45, 7) is 10.4. The van der Waals surface area contributed by atoms with E-state index in [1.165, 1.54) is 11.1 Å². The lowest BCUT2D eigenvalue weighted by Gasteiger charge is -2.47. The molecule has 0 aromatic heterocycles. The number of piperidine rings is 1. The fourth-order valence-electron chi connectivity index (χ4n) is 3.33. The van der Waals surface area contributed by atoms with Gasteiger partial charge in [-0.15, -0.1) is 0 Å². The highest BCUT2D eigenvalue weighted by atomic mass is 16.5. The first-order valence-electron chi connectivity index (χ1n) is 8.56. The molecule has 3 heteroatoms. The van der Waals surface area contributed by atoms with Crippen LogP contribution in [0.15, 0.2) is 35.9 Å². The van der Waals surface area contributed by atoms with Gasteiger partial charge in [-0.25, -0.2) is 0 Å². The molecule has 0 spiro atoms. The van der Waals surface area contributed by atoms with E-state index in [4.69, 9.17) is 4.74 Å². The Bertz CT molecular complexity index is 529. The number of aliphatic hydroxyl groups is 1. The zero-order chi connectivity index (χ0) is 17.0. The Morgan fingerprint density at radius 2 is 2.00 bits per heavy atom. The monoisotopic (exact) mass is 317 g/mol. The number of allylic oxidation sites excluding steroid dienone is 1. The summed E-state index contributed by atoms with van der Waals surface area (Å²) in [4.78, 5) is 2.51. The van der Waals surface area contributed by atoms with Gasteiger partial charge in [-0.05, 0) is 51.3 Å². The van der Waals surface area contributed by atoms with Gasteiger partial charge in [-0.3, -0.25) is 4.90 Å². The van der Waals surface area contributed by atoms with E-state index in [0.717, 1.165) is 31.7 Å². The Kier molecular flexibility index (Phi) is 5.88. The molecule has 0 saturated carbocycles. The van der Waals surface area contributed by atoms with Crippen molar-refractivity contribution in [2.24, 2.45) is 5.92 Å². The lowest BCUT2D eigenvalue weighted by molar-refractivity contribution is -0.0782. The third kappa shape index (κ3) is 4.58. The van der Waals surface area contributed by atoms with Crippen LogP contribution in [0.4, 0.5) is 0 Å². The third-order valence-electron chi connectivity index (χ3n) is 5.27. The van der Waals surface area contributed by atoms with E-state index in [2.05, 4.69) is 43.9 Å². The molecule has 1 heterocycles. The van der Waals surface area contributed by atoms with E-state index in [9.17, 15) is 5.11 Å². The molecule has 1 N–H and O–H groups in total. The molecule has 1 fully saturated rings. The normalized spacial score (nSPS) is 28.4. The molecule has 2 rings (SSSR count). The Hall–Kier alpha value is -1.32. The predicted molar refractivity (Wildman–Crippen MR) is 95.9 cm³/mol. The van der Waals surface area contributed by atoms with Crippen LogP contribution < -0.4 is 4.74 Å². The second-order valence-electron chi connectivity index (χ2n) is 7.29. The summed E-state index contributed by atoms with van der Waals surface area (Å²) in [5.74, 6) is 1.13. The van der Waals surface area contributed by atoms with Gasteiger partial charge in [0.1, 0.15) is 5.75 Å². The fourth-order valence-corrected chi connectivity index (χ4v) is 3.33. The average molecular weight is 317 g/mol. The van der Waals surface area contributed by atoms with Crippen molar-refractivity contribution in [1.82, 2.24) is 4.90 Å². The highest BCUT2D eigenvalue weighted by Gasteiger charge is 2.41. The van der Waals surface area contributed by atoms with Crippen molar-refractivity contribution in [3.8, 4) is 5.75 Å². The van der Waals surface area contributed by atoms with Gasteiger partial charge >= 0.3 is 0 Å². The molecule has 0 bridgehead atoms. The second kappa shape index (κ2) is 7.50. The van der Waals surface area contributed by atoms with Crippen LogP contribution in [0.5, 0.6) is 5.75 Å². The van der Waals surface area contributed by atoms with E-state index in [1.54, 1.807) is 7.11 Å². The van der Waals surface area contributed by atoms with Gasteiger partial charge in [-0.2, -0.15) is 0 Å². The van der Waals surface area contributed by atoms with Gasteiger partial charge in [0.2, 0.25) is 0 Å². The maximum absolute atomic E-state index is 10.7. The number of hydrogen-bond acceptors (Lipinski definition) is 3. The maximum Gasteiger partial charge on any atom is 0.118 e. The van der Waals surface area contributed by atoms with Crippen LogP contribution in [-0.2, 0) is 6.42 Å². The molecule has 1 saturated heterocycles. The molecular formula is C20H31NO2. The van der Waals surface area contributed by atoms with Crippen LogP contribution in [0, 0.1) is 5.92 Å². The molecule has 1 aromatic carbocycles. The number of ether oxygens (including phenoxy) is 1. The Labute approximate surface area is 141 Å². The van der Waals surface area contributed by atoms with Gasteiger partial charge in [0.25, 0.3) is 0 Å². The summed E-state index contributed by atoms with van der Waals surface area (Å²) >= 11 is 0. The number of rotatable bonds is 5.